The summed E-state index contributed by atoms with van der Waals surface area (Å²) in [5.41, 5.74) is 9.06. The summed E-state index contributed by atoms with van der Waals surface area (Å²) in [7, 11) is 0. The molecular formula is C20H29N5O. The number of hydrogen-bond acceptors (Lipinski definition) is 5. The first kappa shape index (κ1) is 19.7. The highest BCUT2D eigenvalue weighted by Crippen LogP contribution is 2.23. The van der Waals surface area contributed by atoms with E-state index in [4.69, 9.17) is 10.8 Å². The molecule has 1 aromatic carbocycles. The van der Waals surface area contributed by atoms with Gasteiger partial charge in [-0.25, -0.2) is 4.98 Å². The third kappa shape index (κ3) is 5.20. The molecule has 2 aromatic heterocycles. The van der Waals surface area contributed by atoms with Crippen LogP contribution in [-0.2, 0) is 6.54 Å². The second-order valence-electron chi connectivity index (χ2n) is 6.47. The first-order valence-electron chi connectivity index (χ1n) is 9.09. The molecule has 0 unspecified atom stereocenters. The zero-order chi connectivity index (χ0) is 18.9. The minimum Gasteiger partial charge on any atom is -0.396 e. The van der Waals surface area contributed by atoms with Gasteiger partial charge in [0.05, 0.1) is 6.20 Å². The number of nitrogens with zero attached hydrogens (tertiary/aromatic N) is 3. The fourth-order valence-electron chi connectivity index (χ4n) is 2.48. The molecule has 2 heterocycles. The number of aliphatic hydroxyl groups excluding tert-OH is 1. The molecule has 6 nitrogen and oxygen atoms in total. The highest BCUT2D eigenvalue weighted by atomic mass is 16.2. The SMILES string of the molecule is CC(C)c1cnn2c(NCc3ccccc3)cc(N)nc12.CCCCO. The Morgan fingerprint density at radius 2 is 1.96 bits per heavy atom. The van der Waals surface area contributed by atoms with Gasteiger partial charge in [0.1, 0.15) is 11.6 Å². The molecule has 0 spiro atoms. The van der Waals surface area contributed by atoms with Gasteiger partial charge in [0.25, 0.3) is 0 Å². The van der Waals surface area contributed by atoms with Crippen LogP contribution < -0.4 is 11.1 Å². The maximum absolute atomic E-state index is 8.07. The van der Waals surface area contributed by atoms with E-state index in [0.717, 1.165) is 36.4 Å². The van der Waals surface area contributed by atoms with Gasteiger partial charge in [0, 0.05) is 24.8 Å². The molecule has 0 bridgehead atoms. The van der Waals surface area contributed by atoms with Crippen molar-refractivity contribution < 1.29 is 5.11 Å². The fourth-order valence-corrected chi connectivity index (χ4v) is 2.48. The molecule has 0 aliphatic carbocycles. The number of hydrogen-bond donors (Lipinski definition) is 3. The highest BCUT2D eigenvalue weighted by molar-refractivity contribution is 5.59. The molecule has 0 fully saturated rings. The summed E-state index contributed by atoms with van der Waals surface area (Å²) in [6.45, 7) is 7.36. The van der Waals surface area contributed by atoms with Crippen LogP contribution in [0.4, 0.5) is 11.6 Å². The monoisotopic (exact) mass is 355 g/mol. The standard InChI is InChI=1S/C16H19N5.C4H10O/c1-11(2)13-10-19-21-15(8-14(17)20-16(13)21)18-9-12-6-4-3-5-7-12;1-2-3-4-5/h3-8,10-11,18H,9H2,1-2H3,(H2,17,20);5H,2-4H2,1H3. The number of aromatic nitrogens is 3. The number of fused-ring (bicyclic) bond motifs is 1. The summed E-state index contributed by atoms with van der Waals surface area (Å²) in [5, 5.41) is 15.9. The number of nitrogens with one attached hydrogen (secondary N) is 1. The molecule has 3 aromatic rings. The van der Waals surface area contributed by atoms with Crippen LogP contribution in [0.2, 0.25) is 0 Å². The number of anilines is 2. The van der Waals surface area contributed by atoms with Crippen molar-refractivity contribution in [2.75, 3.05) is 17.7 Å². The van der Waals surface area contributed by atoms with Gasteiger partial charge in [-0.05, 0) is 17.9 Å². The molecule has 0 atom stereocenters. The molecule has 0 radical (unpaired) electrons. The van der Waals surface area contributed by atoms with Crippen molar-refractivity contribution in [2.45, 2.75) is 46.1 Å². The Morgan fingerprint density at radius 1 is 1.23 bits per heavy atom. The Kier molecular flexibility index (Phi) is 7.41. The lowest BCUT2D eigenvalue weighted by atomic mass is 10.1. The summed E-state index contributed by atoms with van der Waals surface area (Å²) in [4.78, 5) is 4.41. The topological polar surface area (TPSA) is 88.5 Å². The maximum Gasteiger partial charge on any atom is 0.163 e. The van der Waals surface area contributed by atoms with Gasteiger partial charge in [-0.3, -0.25) is 0 Å². The van der Waals surface area contributed by atoms with Crippen LogP contribution in [0.25, 0.3) is 5.65 Å². The maximum atomic E-state index is 8.07. The first-order valence-corrected chi connectivity index (χ1v) is 9.09. The van der Waals surface area contributed by atoms with Gasteiger partial charge in [0.2, 0.25) is 0 Å². The normalized spacial score (nSPS) is 10.7. The predicted molar refractivity (Wildman–Crippen MR) is 107 cm³/mol. The van der Waals surface area contributed by atoms with Gasteiger partial charge < -0.3 is 16.2 Å². The number of rotatable bonds is 6. The summed E-state index contributed by atoms with van der Waals surface area (Å²) in [6, 6.07) is 12.0. The van der Waals surface area contributed by atoms with E-state index in [2.05, 4.69) is 48.3 Å². The van der Waals surface area contributed by atoms with Crippen LogP contribution in [0.3, 0.4) is 0 Å². The molecule has 0 aliphatic heterocycles. The van der Waals surface area contributed by atoms with Crippen LogP contribution in [0.5, 0.6) is 0 Å². The Labute approximate surface area is 155 Å². The van der Waals surface area contributed by atoms with E-state index in [1.54, 1.807) is 0 Å². The lowest BCUT2D eigenvalue weighted by Gasteiger charge is -2.10. The molecule has 140 valence electrons. The quantitative estimate of drug-likeness (QED) is 0.625. The minimum atomic E-state index is 0.344. The van der Waals surface area contributed by atoms with Crippen LogP contribution in [0.15, 0.2) is 42.6 Å². The summed E-state index contributed by atoms with van der Waals surface area (Å²) in [5.74, 6) is 1.72. The largest absolute Gasteiger partial charge is 0.396 e. The van der Waals surface area contributed by atoms with Crippen molar-refractivity contribution >= 4 is 17.3 Å². The third-order valence-electron chi connectivity index (χ3n) is 3.97. The molecule has 0 amide bonds. The summed E-state index contributed by atoms with van der Waals surface area (Å²) in [6.07, 6.45) is 3.90. The van der Waals surface area contributed by atoms with Crippen molar-refractivity contribution in [1.82, 2.24) is 14.6 Å². The third-order valence-corrected chi connectivity index (χ3v) is 3.97. The molecule has 26 heavy (non-hydrogen) atoms. The zero-order valence-electron chi connectivity index (χ0n) is 15.8. The van der Waals surface area contributed by atoms with Crippen molar-refractivity contribution in [3.05, 3.63) is 53.7 Å². The van der Waals surface area contributed by atoms with E-state index in [1.165, 1.54) is 5.56 Å². The van der Waals surface area contributed by atoms with Gasteiger partial charge >= 0.3 is 0 Å². The molecule has 0 aliphatic rings. The van der Waals surface area contributed by atoms with E-state index in [0.29, 0.717) is 18.3 Å². The van der Waals surface area contributed by atoms with Crippen LogP contribution >= 0.6 is 0 Å². The lowest BCUT2D eigenvalue weighted by Crippen LogP contribution is -2.07. The molecule has 0 saturated carbocycles. The highest BCUT2D eigenvalue weighted by Gasteiger charge is 2.12. The number of unbranched alkanes of at least 4 members (excludes halogenated alkanes) is 1. The Morgan fingerprint density at radius 3 is 2.54 bits per heavy atom. The number of benzene rings is 1. The summed E-state index contributed by atoms with van der Waals surface area (Å²) < 4.78 is 1.81. The van der Waals surface area contributed by atoms with Gasteiger partial charge in [-0.2, -0.15) is 9.61 Å². The van der Waals surface area contributed by atoms with Gasteiger partial charge in [0.15, 0.2) is 5.65 Å². The smallest absolute Gasteiger partial charge is 0.163 e. The molecule has 0 saturated heterocycles. The Bertz CT molecular complexity index is 797. The number of nitrogen functional groups attached to an aromatic ring is 1. The average Bonchev–Trinajstić information content (AvgIpc) is 3.06. The van der Waals surface area contributed by atoms with Crippen LogP contribution in [-0.4, -0.2) is 26.3 Å². The second kappa shape index (κ2) is 9.77. The van der Waals surface area contributed by atoms with Crippen molar-refractivity contribution in [1.29, 1.82) is 0 Å². The predicted octanol–water partition coefficient (Wildman–Crippen LogP) is 3.83. The first-order chi connectivity index (χ1) is 12.6. The van der Waals surface area contributed by atoms with Gasteiger partial charge in [-0.15, -0.1) is 0 Å². The Balaban J connectivity index is 0.000000431. The molecule has 3 rings (SSSR count). The summed E-state index contributed by atoms with van der Waals surface area (Å²) >= 11 is 0. The van der Waals surface area contributed by atoms with Crippen LogP contribution in [0.1, 0.15) is 50.7 Å². The van der Waals surface area contributed by atoms with E-state index >= 15 is 0 Å². The van der Waals surface area contributed by atoms with E-state index in [-0.39, 0.29) is 0 Å². The zero-order valence-corrected chi connectivity index (χ0v) is 15.8. The fraction of sp³-hybridized carbons (Fsp3) is 0.400. The number of nitrogens with two attached hydrogens (primary N) is 1. The van der Waals surface area contributed by atoms with Crippen molar-refractivity contribution in [3.8, 4) is 0 Å². The molecular weight excluding hydrogens is 326 g/mol. The van der Waals surface area contributed by atoms with Crippen LogP contribution in [0, 0.1) is 0 Å². The van der Waals surface area contributed by atoms with Gasteiger partial charge in [-0.1, -0.05) is 57.5 Å². The van der Waals surface area contributed by atoms with E-state index in [1.807, 2.05) is 35.0 Å². The van der Waals surface area contributed by atoms with E-state index < -0.39 is 0 Å². The molecule has 6 heteroatoms. The van der Waals surface area contributed by atoms with Crippen molar-refractivity contribution in [3.63, 3.8) is 0 Å². The molecule has 4 N–H and O–H groups in total. The second-order valence-corrected chi connectivity index (χ2v) is 6.47. The van der Waals surface area contributed by atoms with Crippen molar-refractivity contribution in [2.24, 2.45) is 0 Å². The van der Waals surface area contributed by atoms with E-state index in [9.17, 15) is 0 Å². The Hall–Kier alpha value is -2.60. The lowest BCUT2D eigenvalue weighted by molar-refractivity contribution is 0.287. The average molecular weight is 355 g/mol. The minimum absolute atomic E-state index is 0.344. The number of aliphatic hydroxyl groups is 1.